The maximum atomic E-state index is 13.7. The van der Waals surface area contributed by atoms with Gasteiger partial charge in [0.1, 0.15) is 12.4 Å². The summed E-state index contributed by atoms with van der Waals surface area (Å²) in [7, 11) is 3.45. The Kier molecular flexibility index (Phi) is 8.92. The van der Waals surface area contributed by atoms with Gasteiger partial charge in [-0.15, -0.1) is 11.3 Å². The molecule has 0 aliphatic carbocycles. The second-order valence-electron chi connectivity index (χ2n) is 10.5. The molecule has 9 nitrogen and oxygen atoms in total. The van der Waals surface area contributed by atoms with Gasteiger partial charge in [0.15, 0.2) is 5.01 Å². The number of ether oxygens (including phenoxy) is 2. The number of nitrogens with one attached hydrogen (secondary N) is 1. The second-order valence-corrected chi connectivity index (χ2v) is 11.6. The Balaban J connectivity index is 1.41. The minimum Gasteiger partial charge on any atom is -0.491 e. The summed E-state index contributed by atoms with van der Waals surface area (Å²) in [6.07, 6.45) is 3.44. The highest BCUT2D eigenvalue weighted by atomic mass is 32.1. The van der Waals surface area contributed by atoms with Crippen LogP contribution in [0.5, 0.6) is 5.75 Å². The lowest BCUT2D eigenvalue weighted by Gasteiger charge is -2.36. The van der Waals surface area contributed by atoms with Crippen molar-refractivity contribution >= 4 is 39.1 Å². The molecule has 0 radical (unpaired) electrons. The van der Waals surface area contributed by atoms with Crippen molar-refractivity contribution in [3.8, 4) is 5.75 Å². The van der Waals surface area contributed by atoms with Crippen molar-refractivity contribution in [3.63, 3.8) is 0 Å². The monoisotopic (exact) mass is 573 g/mol. The van der Waals surface area contributed by atoms with E-state index in [9.17, 15) is 9.59 Å². The van der Waals surface area contributed by atoms with Crippen molar-refractivity contribution < 1.29 is 19.1 Å². The van der Waals surface area contributed by atoms with E-state index in [0.29, 0.717) is 35.2 Å². The smallest absolute Gasteiger partial charge is 0.284 e. The highest BCUT2D eigenvalue weighted by Crippen LogP contribution is 2.28. The predicted molar refractivity (Wildman–Crippen MR) is 161 cm³/mol. The molecule has 0 fully saturated rings. The van der Waals surface area contributed by atoms with Gasteiger partial charge in [0.25, 0.3) is 11.8 Å². The number of anilines is 1. The van der Waals surface area contributed by atoms with Crippen LogP contribution in [0.25, 0.3) is 10.2 Å². The first-order chi connectivity index (χ1) is 19.8. The Morgan fingerprint density at radius 3 is 2.66 bits per heavy atom. The van der Waals surface area contributed by atoms with E-state index < -0.39 is 0 Å². The fourth-order valence-electron chi connectivity index (χ4n) is 5.03. The third-order valence-electron chi connectivity index (χ3n) is 7.45. The average molecular weight is 574 g/mol. The highest BCUT2D eigenvalue weighted by Gasteiger charge is 2.28. The molecule has 5 rings (SSSR count). The first-order valence-corrected chi connectivity index (χ1v) is 14.5. The van der Waals surface area contributed by atoms with E-state index in [4.69, 9.17) is 9.47 Å². The van der Waals surface area contributed by atoms with Crippen molar-refractivity contribution in [2.45, 2.75) is 32.5 Å². The van der Waals surface area contributed by atoms with Crippen molar-refractivity contribution in [3.05, 3.63) is 83.1 Å². The number of hydrogen-bond acceptors (Lipinski definition) is 8. The van der Waals surface area contributed by atoms with Crippen LogP contribution in [0.2, 0.25) is 0 Å². The van der Waals surface area contributed by atoms with Gasteiger partial charge in [-0.05, 0) is 60.9 Å². The zero-order chi connectivity index (χ0) is 28.9. The quantitative estimate of drug-likeness (QED) is 0.361. The van der Waals surface area contributed by atoms with Crippen LogP contribution >= 0.6 is 11.3 Å². The van der Waals surface area contributed by atoms with Gasteiger partial charge in [-0.25, -0.2) is 4.98 Å². The summed E-state index contributed by atoms with van der Waals surface area (Å²) in [5.41, 5.74) is 2.82. The van der Waals surface area contributed by atoms with E-state index >= 15 is 0 Å². The number of carbonyl (C=O) groups is 2. The van der Waals surface area contributed by atoms with E-state index in [1.54, 1.807) is 49.7 Å². The van der Waals surface area contributed by atoms with Gasteiger partial charge >= 0.3 is 0 Å². The van der Waals surface area contributed by atoms with E-state index in [1.165, 1.54) is 16.9 Å². The Hall–Kier alpha value is -3.86. The fourth-order valence-corrected chi connectivity index (χ4v) is 5.89. The molecule has 0 saturated heterocycles. The standard InChI is InChI=1S/C31H35N5O4S/c1-20-16-36(17-22-11-13-32-14-12-22)21(2)19-40-26-10-9-23(15-24(26)31(38)35(3)18-27(20)39-4)33-29(37)30-34-25-7-5-6-8-28(25)41-30/h5-15,20-21,27H,16-19H2,1-4H3,(H,33,37)/t20-,21+,27-/m1/s1. The molecule has 0 unspecified atom stereocenters. The maximum absolute atomic E-state index is 13.7. The lowest BCUT2D eigenvalue weighted by Crippen LogP contribution is -2.46. The number of pyridine rings is 1. The number of amides is 2. The highest BCUT2D eigenvalue weighted by molar-refractivity contribution is 7.20. The molecule has 2 aromatic heterocycles. The number of methoxy groups -OCH3 is 1. The van der Waals surface area contributed by atoms with Crippen molar-refractivity contribution in [1.82, 2.24) is 19.8 Å². The van der Waals surface area contributed by atoms with Crippen LogP contribution in [-0.2, 0) is 11.3 Å². The van der Waals surface area contributed by atoms with E-state index in [-0.39, 0.29) is 29.9 Å². The number of benzene rings is 2. The molecule has 3 heterocycles. The molecule has 2 aromatic carbocycles. The summed E-state index contributed by atoms with van der Waals surface area (Å²) in [4.78, 5) is 39.3. The number of para-hydroxylation sites is 1. The first-order valence-electron chi connectivity index (χ1n) is 13.7. The molecule has 1 aliphatic heterocycles. The van der Waals surface area contributed by atoms with Gasteiger partial charge in [0.05, 0.1) is 21.9 Å². The molecule has 0 spiro atoms. The largest absolute Gasteiger partial charge is 0.491 e. The number of thiazole rings is 1. The van der Waals surface area contributed by atoms with Crippen LogP contribution < -0.4 is 10.1 Å². The van der Waals surface area contributed by atoms with Crippen LogP contribution in [0.15, 0.2) is 67.0 Å². The summed E-state index contributed by atoms with van der Waals surface area (Å²) < 4.78 is 13.1. The number of carbonyl (C=O) groups excluding carboxylic acids is 2. The molecule has 0 saturated carbocycles. The number of likely N-dealkylation sites (N-methyl/N-ethyl adjacent to an activating group) is 1. The Morgan fingerprint density at radius 1 is 1.12 bits per heavy atom. The number of nitrogens with zero attached hydrogens (tertiary/aromatic N) is 4. The van der Waals surface area contributed by atoms with E-state index in [0.717, 1.165) is 23.3 Å². The number of fused-ring (bicyclic) bond motifs is 2. The molecule has 4 aromatic rings. The molecule has 0 bridgehead atoms. The Morgan fingerprint density at radius 2 is 1.90 bits per heavy atom. The van der Waals surface area contributed by atoms with E-state index in [1.807, 2.05) is 36.4 Å². The average Bonchev–Trinajstić information content (AvgIpc) is 3.43. The van der Waals surface area contributed by atoms with Crippen LogP contribution in [-0.4, -0.2) is 77.6 Å². The number of aromatic nitrogens is 2. The van der Waals surface area contributed by atoms with Gasteiger partial charge < -0.3 is 19.7 Å². The van der Waals surface area contributed by atoms with Crippen molar-refractivity contribution in [2.75, 3.05) is 39.2 Å². The summed E-state index contributed by atoms with van der Waals surface area (Å²) in [5, 5.41) is 3.27. The minimum absolute atomic E-state index is 0.0571. The lowest BCUT2D eigenvalue weighted by molar-refractivity contribution is 0.00921. The van der Waals surface area contributed by atoms with E-state index in [2.05, 4.69) is 34.0 Å². The molecule has 10 heteroatoms. The number of rotatable bonds is 5. The van der Waals surface area contributed by atoms with Crippen LogP contribution in [0.4, 0.5) is 5.69 Å². The maximum Gasteiger partial charge on any atom is 0.284 e. The third-order valence-corrected chi connectivity index (χ3v) is 8.49. The molecule has 3 atom stereocenters. The topological polar surface area (TPSA) is 96.9 Å². The molecular formula is C31H35N5O4S. The van der Waals surface area contributed by atoms with Crippen LogP contribution in [0.3, 0.4) is 0 Å². The van der Waals surface area contributed by atoms with Gasteiger partial charge in [-0.3, -0.25) is 19.5 Å². The summed E-state index contributed by atoms with van der Waals surface area (Å²) in [6, 6.07) is 16.9. The van der Waals surface area contributed by atoms with Crippen molar-refractivity contribution in [1.29, 1.82) is 0 Å². The Labute approximate surface area is 244 Å². The molecule has 214 valence electrons. The van der Waals surface area contributed by atoms with Gasteiger partial charge in [0, 0.05) is 57.9 Å². The molecule has 1 aliphatic rings. The van der Waals surface area contributed by atoms with Crippen LogP contribution in [0, 0.1) is 5.92 Å². The lowest BCUT2D eigenvalue weighted by atomic mass is 10.0. The van der Waals surface area contributed by atoms with Gasteiger partial charge in [0.2, 0.25) is 0 Å². The van der Waals surface area contributed by atoms with Gasteiger partial charge in [-0.1, -0.05) is 19.1 Å². The molecule has 41 heavy (non-hydrogen) atoms. The first kappa shape index (κ1) is 28.7. The third kappa shape index (κ3) is 6.73. The second kappa shape index (κ2) is 12.8. The summed E-state index contributed by atoms with van der Waals surface area (Å²) >= 11 is 1.33. The predicted octanol–water partition coefficient (Wildman–Crippen LogP) is 4.95. The molecule has 2 amide bonds. The van der Waals surface area contributed by atoms with Crippen LogP contribution in [0.1, 0.15) is 39.6 Å². The fraction of sp³-hybridized carbons (Fsp3) is 0.355. The molecular weight excluding hydrogens is 538 g/mol. The molecule has 1 N–H and O–H groups in total. The minimum atomic E-state index is -0.324. The SMILES string of the molecule is CO[C@@H]1CN(C)C(=O)c2cc(NC(=O)c3nc4ccccc4s3)ccc2OC[C@H](C)N(Cc2ccncc2)C[C@H]1C. The Bertz CT molecular complexity index is 1480. The normalized spacial score (nSPS) is 20.5. The summed E-state index contributed by atoms with van der Waals surface area (Å²) in [6.45, 7) is 6.59. The zero-order valence-electron chi connectivity index (χ0n) is 23.7. The number of hydrogen-bond donors (Lipinski definition) is 1. The van der Waals surface area contributed by atoms with Gasteiger partial charge in [-0.2, -0.15) is 0 Å². The zero-order valence-corrected chi connectivity index (χ0v) is 24.6. The van der Waals surface area contributed by atoms with Crippen molar-refractivity contribution in [2.24, 2.45) is 5.92 Å². The summed E-state index contributed by atoms with van der Waals surface area (Å²) in [5.74, 6) is 0.0953.